The van der Waals surface area contributed by atoms with Gasteiger partial charge >= 0.3 is 3.52 Å². The third-order valence-electron chi connectivity index (χ3n) is 3.10. The molecule has 0 aliphatic carbocycles. The Balaban J connectivity index is 0.00000324. The highest BCUT2D eigenvalue weighted by molar-refractivity contribution is 8.03. The number of unbranched alkanes of at least 4 members (excludes halogenated alkanes) is 9. The molecule has 0 aliphatic rings. The highest BCUT2D eigenvalue weighted by Gasteiger charge is 2.05. The highest BCUT2D eigenvalue weighted by Crippen LogP contribution is 2.29. The van der Waals surface area contributed by atoms with Crippen LogP contribution in [0.3, 0.4) is 0 Å². The lowest BCUT2D eigenvalue weighted by atomic mass is 10.1. The van der Waals surface area contributed by atoms with Crippen molar-refractivity contribution in [3.63, 3.8) is 0 Å². The maximum absolute atomic E-state index is 2.29. The highest BCUT2D eigenvalue weighted by atomic mass is 127. The Hall–Kier alpha value is 1.13. The summed E-state index contributed by atoms with van der Waals surface area (Å²) in [6.45, 7) is 2.29. The van der Waals surface area contributed by atoms with Gasteiger partial charge in [-0.05, 0) is 6.42 Å². The largest absolute Gasteiger partial charge is 1.00 e. The van der Waals surface area contributed by atoms with Crippen molar-refractivity contribution in [2.45, 2.75) is 74.7 Å². The lowest BCUT2D eigenvalue weighted by molar-refractivity contribution is -0.00000373. The first kappa shape index (κ1) is 20.1. The van der Waals surface area contributed by atoms with E-state index in [1.165, 1.54) is 73.5 Å². The maximum atomic E-state index is 2.29. The first-order chi connectivity index (χ1) is 8.93. The SMILES string of the molecule is CCCCCCCCCCCCSc1scc[s+]1.[I-]. The third-order valence-corrected chi connectivity index (χ3v) is 6.79. The Morgan fingerprint density at radius 1 is 0.947 bits per heavy atom. The molecule has 0 N–H and O–H groups in total. The van der Waals surface area contributed by atoms with Crippen molar-refractivity contribution in [2.75, 3.05) is 5.75 Å². The van der Waals surface area contributed by atoms with Crippen LogP contribution in [-0.4, -0.2) is 5.75 Å². The van der Waals surface area contributed by atoms with Gasteiger partial charge in [0.25, 0.3) is 0 Å². The van der Waals surface area contributed by atoms with Gasteiger partial charge in [0.1, 0.15) is 10.8 Å². The summed E-state index contributed by atoms with van der Waals surface area (Å²) in [5.74, 6) is 1.31. The average molecular weight is 430 g/mol. The van der Waals surface area contributed by atoms with Gasteiger partial charge in [0.15, 0.2) is 0 Å². The van der Waals surface area contributed by atoms with Gasteiger partial charge in [0, 0.05) is 5.75 Å². The first-order valence-electron chi connectivity index (χ1n) is 7.41. The summed E-state index contributed by atoms with van der Waals surface area (Å²) in [4.78, 5) is 0. The Bertz CT molecular complexity index is 262. The Kier molecular flexibility index (Phi) is 16.4. The molecule has 0 spiro atoms. The van der Waals surface area contributed by atoms with E-state index in [0.717, 1.165) is 0 Å². The van der Waals surface area contributed by atoms with E-state index < -0.39 is 0 Å². The van der Waals surface area contributed by atoms with Crippen molar-refractivity contribution < 1.29 is 24.0 Å². The molecule has 0 radical (unpaired) electrons. The van der Waals surface area contributed by atoms with Crippen molar-refractivity contribution in [3.05, 3.63) is 10.8 Å². The summed E-state index contributed by atoms with van der Waals surface area (Å²) < 4.78 is 1.52. The van der Waals surface area contributed by atoms with Crippen LogP contribution in [0.1, 0.15) is 71.1 Å². The van der Waals surface area contributed by atoms with Gasteiger partial charge in [0.2, 0.25) is 0 Å². The summed E-state index contributed by atoms with van der Waals surface area (Å²) in [7, 11) is 0. The molecule has 4 heteroatoms. The van der Waals surface area contributed by atoms with Crippen LogP contribution in [0, 0.1) is 0 Å². The van der Waals surface area contributed by atoms with Crippen LogP contribution in [0.25, 0.3) is 0 Å². The van der Waals surface area contributed by atoms with Gasteiger partial charge < -0.3 is 24.0 Å². The molecule has 19 heavy (non-hydrogen) atoms. The monoisotopic (exact) mass is 430 g/mol. The zero-order valence-electron chi connectivity index (χ0n) is 12.0. The van der Waals surface area contributed by atoms with Gasteiger partial charge in [-0.3, -0.25) is 0 Å². The minimum Gasteiger partial charge on any atom is -1.00 e. The molecule has 1 aromatic heterocycles. The van der Waals surface area contributed by atoms with Crippen molar-refractivity contribution in [1.29, 1.82) is 0 Å². The number of halogens is 1. The molecule has 0 saturated carbocycles. The van der Waals surface area contributed by atoms with Gasteiger partial charge in [0.05, 0.1) is 22.7 Å². The van der Waals surface area contributed by atoms with Crippen molar-refractivity contribution in [3.8, 4) is 0 Å². The smallest absolute Gasteiger partial charge is 0.312 e. The molecule has 0 nitrogen and oxygen atoms in total. The lowest BCUT2D eigenvalue weighted by Crippen LogP contribution is -3.00. The van der Waals surface area contributed by atoms with Crippen LogP contribution >= 0.6 is 34.4 Å². The second-order valence-corrected chi connectivity index (χ2v) is 8.50. The normalized spacial score (nSPS) is 10.4. The zero-order chi connectivity index (χ0) is 12.9. The quantitative estimate of drug-likeness (QED) is 0.208. The van der Waals surface area contributed by atoms with E-state index in [-0.39, 0.29) is 24.0 Å². The Labute approximate surface area is 148 Å². The van der Waals surface area contributed by atoms with Gasteiger partial charge in [-0.25, -0.2) is 0 Å². The van der Waals surface area contributed by atoms with Gasteiger partial charge in [-0.2, -0.15) is 0 Å². The molecule has 0 atom stereocenters. The Morgan fingerprint density at radius 2 is 1.53 bits per heavy atom. The molecule has 0 bridgehead atoms. The number of hydrogen-bond acceptors (Lipinski definition) is 2. The van der Waals surface area contributed by atoms with Gasteiger partial charge in [-0.15, -0.1) is 0 Å². The van der Waals surface area contributed by atoms with E-state index in [4.69, 9.17) is 0 Å². The van der Waals surface area contributed by atoms with E-state index in [0.29, 0.717) is 0 Å². The molecule has 0 amide bonds. The number of hydrogen-bond donors (Lipinski definition) is 0. The minimum absolute atomic E-state index is 0. The molecular formula is C15H27IS3. The topological polar surface area (TPSA) is 0 Å². The molecular weight excluding hydrogens is 403 g/mol. The maximum Gasteiger partial charge on any atom is 0.312 e. The number of rotatable bonds is 12. The van der Waals surface area contributed by atoms with Crippen LogP contribution in [-0.2, 0) is 0 Å². The zero-order valence-corrected chi connectivity index (χ0v) is 16.6. The van der Waals surface area contributed by atoms with E-state index >= 15 is 0 Å². The van der Waals surface area contributed by atoms with E-state index in [9.17, 15) is 0 Å². The molecule has 0 aromatic carbocycles. The first-order valence-corrected chi connectivity index (χ1v) is 10.2. The lowest BCUT2D eigenvalue weighted by Gasteiger charge is -2.01. The second kappa shape index (κ2) is 15.5. The predicted octanol–water partition coefficient (Wildman–Crippen LogP) is 4.11. The fourth-order valence-electron chi connectivity index (χ4n) is 2.01. The second-order valence-electron chi connectivity index (χ2n) is 4.79. The van der Waals surface area contributed by atoms with Crippen LogP contribution in [0.15, 0.2) is 14.3 Å². The molecule has 1 aromatic rings. The summed E-state index contributed by atoms with van der Waals surface area (Å²) >= 11 is 5.81. The van der Waals surface area contributed by atoms with E-state index in [2.05, 4.69) is 17.7 Å². The van der Waals surface area contributed by atoms with E-state index in [1.807, 2.05) is 34.4 Å². The van der Waals surface area contributed by atoms with Crippen LogP contribution < -0.4 is 24.0 Å². The standard InChI is InChI=1S/C15H27S3.HI/c1-2-3-4-5-6-7-8-9-10-11-12-16-15-17-13-14-18-15;/h13-14H,2-12H2,1H3;1H/q+1;/p-1. The van der Waals surface area contributed by atoms with Crippen molar-refractivity contribution in [2.24, 2.45) is 0 Å². The average Bonchev–Trinajstić information content (AvgIpc) is 2.89. The Morgan fingerprint density at radius 3 is 2.05 bits per heavy atom. The molecule has 0 aliphatic heterocycles. The summed E-state index contributed by atoms with van der Waals surface area (Å²) in [6.07, 6.45) is 14.4. The molecule has 1 heterocycles. The predicted molar refractivity (Wildman–Crippen MR) is 89.2 cm³/mol. The minimum atomic E-state index is 0. The number of thioether (sulfide) groups is 1. The van der Waals surface area contributed by atoms with Crippen LogP contribution in [0.2, 0.25) is 0 Å². The molecule has 0 saturated heterocycles. The fraction of sp³-hybridized carbons (Fsp3) is 0.800. The van der Waals surface area contributed by atoms with Gasteiger partial charge in [-0.1, -0.05) is 76.5 Å². The summed E-state index contributed by atoms with van der Waals surface area (Å²) in [6, 6.07) is 0. The summed E-state index contributed by atoms with van der Waals surface area (Å²) in [5, 5.41) is 4.37. The molecule has 1 rings (SSSR count). The molecule has 0 fully saturated rings. The van der Waals surface area contributed by atoms with Crippen molar-refractivity contribution >= 4 is 34.4 Å². The summed E-state index contributed by atoms with van der Waals surface area (Å²) in [5.41, 5.74) is 0. The van der Waals surface area contributed by atoms with E-state index in [1.54, 1.807) is 0 Å². The molecule has 112 valence electrons. The van der Waals surface area contributed by atoms with Crippen LogP contribution in [0.5, 0.6) is 0 Å². The van der Waals surface area contributed by atoms with Crippen LogP contribution in [0.4, 0.5) is 0 Å². The third kappa shape index (κ3) is 12.6. The fourth-order valence-corrected chi connectivity index (χ4v) is 5.12. The van der Waals surface area contributed by atoms with Crippen molar-refractivity contribution in [1.82, 2.24) is 0 Å². The molecule has 0 unspecified atom stereocenters.